The quantitative estimate of drug-likeness (QED) is 0.401. The molecule has 2 rings (SSSR count). The molecule has 2 aromatic rings. The van der Waals surface area contributed by atoms with E-state index in [1.807, 2.05) is 19.2 Å². The van der Waals surface area contributed by atoms with E-state index in [1.54, 1.807) is 25.3 Å². The molecule has 0 saturated heterocycles. The summed E-state index contributed by atoms with van der Waals surface area (Å²) in [5.41, 5.74) is 2.08. The average molecular weight is 410 g/mol. The van der Waals surface area contributed by atoms with E-state index in [1.165, 1.54) is 0 Å². The van der Waals surface area contributed by atoms with Crippen molar-refractivity contribution in [3.05, 3.63) is 50.7 Å². The lowest BCUT2D eigenvalue weighted by molar-refractivity contribution is 0.221. The highest BCUT2D eigenvalue weighted by Crippen LogP contribution is 2.23. The fourth-order valence-electron chi connectivity index (χ4n) is 1.31. The lowest BCUT2D eigenvalue weighted by Crippen LogP contribution is -2.04. The van der Waals surface area contributed by atoms with Crippen molar-refractivity contribution in [3.8, 4) is 0 Å². The largest absolute Gasteiger partial charge is 0.365 e. The van der Waals surface area contributed by atoms with Crippen molar-refractivity contribution >= 4 is 57.4 Å². The minimum atomic E-state index is 0.490. The van der Waals surface area contributed by atoms with Crippen molar-refractivity contribution < 1.29 is 4.74 Å². The Morgan fingerprint density at radius 3 is 2.57 bits per heavy atom. The lowest BCUT2D eigenvalue weighted by Gasteiger charge is -2.06. The molecule has 3 nitrogen and oxygen atoms in total. The molecule has 0 spiro atoms. The van der Waals surface area contributed by atoms with Gasteiger partial charge in [0.2, 0.25) is 0 Å². The molecule has 0 bridgehead atoms. The number of anilines is 1. The van der Waals surface area contributed by atoms with E-state index in [2.05, 4.69) is 38.9 Å². The number of hydrogen-bond donors (Lipinski definition) is 2. The molecule has 0 unspecified atom stereocenters. The molecular weight excluding hydrogens is 395 g/mol. The van der Waals surface area contributed by atoms with Crippen LogP contribution in [0.1, 0.15) is 5.56 Å². The van der Waals surface area contributed by atoms with Crippen LogP contribution in [0.5, 0.6) is 0 Å². The zero-order valence-electron chi connectivity index (χ0n) is 11.5. The van der Waals surface area contributed by atoms with Crippen LogP contribution in [0, 0.1) is 6.92 Å². The number of hydrogen-bond acceptors (Lipinski definition) is 4. The van der Waals surface area contributed by atoms with Crippen molar-refractivity contribution in [2.45, 2.75) is 11.8 Å². The second-order valence-electron chi connectivity index (χ2n) is 4.06. The Bertz CT molecular complexity index is 599. The van der Waals surface area contributed by atoms with Gasteiger partial charge in [0.25, 0.3) is 0 Å². The predicted octanol–water partition coefficient (Wildman–Crippen LogP) is 5.45. The number of aromatic nitrogens is 1. The Kier molecular flexibility index (Phi) is 8.44. The number of thiol groups is 1. The number of nitrogens with zero attached hydrogens (tertiary/aromatic N) is 1. The third-order valence-corrected chi connectivity index (χ3v) is 3.94. The Morgan fingerprint density at radius 2 is 2.00 bits per heavy atom. The van der Waals surface area contributed by atoms with Crippen molar-refractivity contribution in [2.75, 3.05) is 19.2 Å². The summed E-state index contributed by atoms with van der Waals surface area (Å²) < 4.78 is 5.69. The topological polar surface area (TPSA) is 34.1 Å². The molecule has 7 heteroatoms. The van der Waals surface area contributed by atoms with E-state index >= 15 is 0 Å². The van der Waals surface area contributed by atoms with Crippen molar-refractivity contribution in [3.63, 3.8) is 0 Å². The number of benzene rings is 1. The summed E-state index contributed by atoms with van der Waals surface area (Å²) in [5.74, 6) is 0. The third-order valence-electron chi connectivity index (χ3n) is 2.29. The molecule has 0 aliphatic heterocycles. The van der Waals surface area contributed by atoms with E-state index in [0.29, 0.717) is 16.8 Å². The Balaban J connectivity index is 0.000000219. The SMILES string of the molecule is COCNc1cc(C)cnc1Br.Sc1ccc(Cl)c(Cl)c1. The highest BCUT2D eigenvalue weighted by atomic mass is 79.9. The van der Waals surface area contributed by atoms with E-state index in [0.717, 1.165) is 20.7 Å². The highest BCUT2D eigenvalue weighted by molar-refractivity contribution is 9.10. The number of pyridine rings is 1. The maximum absolute atomic E-state index is 5.63. The van der Waals surface area contributed by atoms with Gasteiger partial charge in [0.1, 0.15) is 11.3 Å². The highest BCUT2D eigenvalue weighted by Gasteiger charge is 1.99. The van der Waals surface area contributed by atoms with Crippen LogP contribution >= 0.6 is 51.8 Å². The molecule has 0 fully saturated rings. The summed E-state index contributed by atoms with van der Waals surface area (Å²) in [5, 5.41) is 4.18. The molecule has 1 aromatic heterocycles. The summed E-state index contributed by atoms with van der Waals surface area (Å²) in [7, 11) is 1.64. The van der Waals surface area contributed by atoms with Gasteiger partial charge >= 0.3 is 0 Å². The van der Waals surface area contributed by atoms with Crippen LogP contribution in [0.15, 0.2) is 40.0 Å². The van der Waals surface area contributed by atoms with Crippen LogP contribution < -0.4 is 5.32 Å². The number of ether oxygens (including phenoxy) is 1. The van der Waals surface area contributed by atoms with Crippen LogP contribution in [0.25, 0.3) is 0 Å². The van der Waals surface area contributed by atoms with Gasteiger partial charge in [-0.1, -0.05) is 23.2 Å². The summed E-state index contributed by atoms with van der Waals surface area (Å²) in [6.45, 7) is 2.49. The molecule has 1 aromatic carbocycles. The molecular formula is C14H15BrCl2N2OS. The van der Waals surface area contributed by atoms with Gasteiger partial charge in [-0.3, -0.25) is 0 Å². The molecule has 0 saturated carbocycles. The van der Waals surface area contributed by atoms with E-state index in [-0.39, 0.29) is 0 Å². The number of nitrogens with one attached hydrogen (secondary N) is 1. The zero-order chi connectivity index (χ0) is 15.8. The third kappa shape index (κ3) is 6.89. The Hall–Kier alpha value is -0.460. The first-order valence-electron chi connectivity index (χ1n) is 5.93. The van der Waals surface area contributed by atoms with E-state index in [9.17, 15) is 0 Å². The molecule has 21 heavy (non-hydrogen) atoms. The van der Waals surface area contributed by atoms with Crippen molar-refractivity contribution in [2.24, 2.45) is 0 Å². The molecule has 1 heterocycles. The number of methoxy groups -OCH3 is 1. The fourth-order valence-corrected chi connectivity index (χ4v) is 2.25. The number of halogens is 3. The van der Waals surface area contributed by atoms with Gasteiger partial charge in [0, 0.05) is 18.2 Å². The van der Waals surface area contributed by atoms with E-state index in [4.69, 9.17) is 27.9 Å². The maximum Gasteiger partial charge on any atom is 0.129 e. The normalized spacial score (nSPS) is 9.81. The van der Waals surface area contributed by atoms with Crippen LogP contribution in [-0.2, 0) is 4.74 Å². The van der Waals surface area contributed by atoms with Crippen LogP contribution in [0.3, 0.4) is 0 Å². The second-order valence-corrected chi connectivity index (χ2v) is 6.14. The van der Waals surface area contributed by atoms with Gasteiger partial charge in [-0.15, -0.1) is 12.6 Å². The predicted molar refractivity (Wildman–Crippen MR) is 95.9 cm³/mol. The Morgan fingerprint density at radius 1 is 1.29 bits per heavy atom. The first-order chi connectivity index (χ1) is 9.93. The lowest BCUT2D eigenvalue weighted by atomic mass is 10.3. The first-order valence-corrected chi connectivity index (χ1v) is 7.92. The molecule has 1 N–H and O–H groups in total. The van der Waals surface area contributed by atoms with Gasteiger partial charge in [0.05, 0.1) is 15.7 Å². The van der Waals surface area contributed by atoms with Crippen LogP contribution in [0.4, 0.5) is 5.69 Å². The molecule has 0 aliphatic carbocycles. The smallest absolute Gasteiger partial charge is 0.129 e. The summed E-state index contributed by atoms with van der Waals surface area (Å²) in [6.07, 6.45) is 1.81. The summed E-state index contributed by atoms with van der Waals surface area (Å²) in [4.78, 5) is 4.95. The number of rotatable bonds is 3. The van der Waals surface area contributed by atoms with Crippen molar-refractivity contribution in [1.82, 2.24) is 4.98 Å². The molecule has 0 aliphatic rings. The average Bonchev–Trinajstić information content (AvgIpc) is 2.45. The molecule has 0 radical (unpaired) electrons. The molecule has 0 atom stereocenters. The molecule has 0 amide bonds. The fraction of sp³-hybridized carbons (Fsp3) is 0.214. The van der Waals surface area contributed by atoms with E-state index < -0.39 is 0 Å². The van der Waals surface area contributed by atoms with Gasteiger partial charge in [0.15, 0.2) is 0 Å². The minimum Gasteiger partial charge on any atom is -0.365 e. The summed E-state index contributed by atoms with van der Waals surface area (Å²) in [6, 6.07) is 7.21. The minimum absolute atomic E-state index is 0.490. The number of aryl methyl sites for hydroxylation is 1. The van der Waals surface area contributed by atoms with Gasteiger partial charge in [-0.25, -0.2) is 4.98 Å². The van der Waals surface area contributed by atoms with Gasteiger partial charge in [-0.05, 0) is 52.7 Å². The van der Waals surface area contributed by atoms with Gasteiger partial charge in [-0.2, -0.15) is 0 Å². The monoisotopic (exact) mass is 408 g/mol. The first kappa shape index (κ1) is 18.6. The van der Waals surface area contributed by atoms with Crippen LogP contribution in [0.2, 0.25) is 10.0 Å². The maximum atomic E-state index is 5.63. The zero-order valence-corrected chi connectivity index (χ0v) is 15.5. The standard InChI is InChI=1S/C8H11BrN2O.C6H4Cl2S/c1-6-3-7(11-5-12-2)8(9)10-4-6;7-5-2-1-4(9)3-6(5)8/h3-4,11H,5H2,1-2H3;1-3,9H. The van der Waals surface area contributed by atoms with Crippen molar-refractivity contribution in [1.29, 1.82) is 0 Å². The molecule has 114 valence electrons. The summed E-state index contributed by atoms with van der Waals surface area (Å²) >= 11 is 18.6. The Labute approximate surface area is 148 Å². The second kappa shape index (κ2) is 9.54. The van der Waals surface area contributed by atoms with Gasteiger partial charge < -0.3 is 10.1 Å². The van der Waals surface area contributed by atoms with Crippen LogP contribution in [-0.4, -0.2) is 18.8 Å².